The summed E-state index contributed by atoms with van der Waals surface area (Å²) in [5, 5.41) is 3.82. The van der Waals surface area contributed by atoms with E-state index >= 15 is 0 Å². The Balaban J connectivity index is 1.53. The summed E-state index contributed by atoms with van der Waals surface area (Å²) in [5.74, 6) is -2.79. The summed E-state index contributed by atoms with van der Waals surface area (Å²) in [4.78, 5) is 0. The largest absolute Gasteiger partial charge is 0.283 e. The first kappa shape index (κ1) is 16.2. The van der Waals surface area contributed by atoms with Crippen molar-refractivity contribution in [1.29, 1.82) is 0 Å². The van der Waals surface area contributed by atoms with Crippen molar-refractivity contribution in [3.63, 3.8) is 0 Å². The molecule has 0 saturated heterocycles. The molecule has 1 aromatic carbocycles. The Hall–Kier alpha value is -1.96. The lowest BCUT2D eigenvalue weighted by molar-refractivity contribution is 0.0981. The van der Waals surface area contributed by atoms with Gasteiger partial charge in [-0.15, -0.1) is 0 Å². The third-order valence-electron chi connectivity index (χ3n) is 6.00. The number of hydrogen-bond acceptors (Lipinski definition) is 3. The predicted molar refractivity (Wildman–Crippen MR) is 91.9 cm³/mol. The van der Waals surface area contributed by atoms with E-state index in [1.165, 1.54) is 16.6 Å². The molecule has 1 aromatic heterocycles. The monoisotopic (exact) mass is 379 g/mol. The van der Waals surface area contributed by atoms with Crippen LogP contribution in [0, 0.1) is 0 Å². The average molecular weight is 379 g/mol. The molecule has 2 saturated carbocycles. The molecular formula is C18H19F2N3O2S. The van der Waals surface area contributed by atoms with E-state index < -0.39 is 22.0 Å². The summed E-state index contributed by atoms with van der Waals surface area (Å²) in [5.41, 5.74) is 1.64. The smallest absolute Gasteiger partial charge is 0.264 e. The fraction of sp³-hybridized carbons (Fsp3) is 0.500. The molecule has 138 valence electrons. The highest BCUT2D eigenvalue weighted by Gasteiger charge is 2.59. The van der Waals surface area contributed by atoms with E-state index in [9.17, 15) is 17.2 Å². The Bertz CT molecular complexity index is 980. The number of para-hydroxylation sites is 1. The summed E-state index contributed by atoms with van der Waals surface area (Å²) >= 11 is 0. The lowest BCUT2D eigenvalue weighted by Crippen LogP contribution is -2.35. The molecule has 0 radical (unpaired) electrons. The zero-order valence-electron chi connectivity index (χ0n) is 14.1. The lowest BCUT2D eigenvalue weighted by atomic mass is 9.81. The van der Waals surface area contributed by atoms with Gasteiger partial charge in [-0.25, -0.2) is 8.78 Å². The summed E-state index contributed by atoms with van der Waals surface area (Å²) in [7, 11) is -3.88. The normalized spacial score (nSPS) is 25.6. The van der Waals surface area contributed by atoms with E-state index in [0.717, 1.165) is 35.9 Å². The minimum absolute atomic E-state index is 0.129. The molecule has 2 fully saturated rings. The molecule has 2 heterocycles. The summed E-state index contributed by atoms with van der Waals surface area (Å²) in [6.45, 7) is 0.404. The van der Waals surface area contributed by atoms with Crippen LogP contribution in [0.25, 0.3) is 0 Å². The molecule has 26 heavy (non-hydrogen) atoms. The van der Waals surface area contributed by atoms with Crippen molar-refractivity contribution >= 4 is 15.7 Å². The van der Waals surface area contributed by atoms with Crippen molar-refractivity contribution in [3.05, 3.63) is 42.1 Å². The van der Waals surface area contributed by atoms with Crippen LogP contribution in [0.2, 0.25) is 0 Å². The van der Waals surface area contributed by atoms with Crippen molar-refractivity contribution in [1.82, 2.24) is 9.78 Å². The number of rotatable bonds is 3. The molecule has 5 rings (SSSR count). The zero-order chi connectivity index (χ0) is 18.2. The third kappa shape index (κ3) is 2.17. The van der Waals surface area contributed by atoms with Gasteiger partial charge >= 0.3 is 0 Å². The van der Waals surface area contributed by atoms with Gasteiger partial charge in [0.25, 0.3) is 15.9 Å². The highest BCUT2D eigenvalue weighted by atomic mass is 32.2. The van der Waals surface area contributed by atoms with Crippen molar-refractivity contribution in [2.45, 2.75) is 54.5 Å². The molecule has 1 atom stereocenters. The van der Waals surface area contributed by atoms with Crippen LogP contribution in [0.1, 0.15) is 43.7 Å². The molecule has 1 spiro atoms. The first-order chi connectivity index (χ1) is 12.3. The maximum absolute atomic E-state index is 13.3. The van der Waals surface area contributed by atoms with Gasteiger partial charge in [-0.2, -0.15) is 13.5 Å². The molecule has 8 heteroatoms. The molecule has 0 amide bonds. The van der Waals surface area contributed by atoms with Crippen molar-refractivity contribution in [2.24, 2.45) is 0 Å². The van der Waals surface area contributed by atoms with Gasteiger partial charge in [0.1, 0.15) is 6.04 Å². The number of sulfonamides is 1. The van der Waals surface area contributed by atoms with Gasteiger partial charge in [0.15, 0.2) is 5.03 Å². The Morgan fingerprint density at radius 2 is 1.81 bits per heavy atom. The van der Waals surface area contributed by atoms with Crippen LogP contribution in [-0.2, 0) is 15.4 Å². The summed E-state index contributed by atoms with van der Waals surface area (Å²) in [6, 6.07) is 7.91. The van der Waals surface area contributed by atoms with E-state index in [4.69, 9.17) is 0 Å². The van der Waals surface area contributed by atoms with Crippen molar-refractivity contribution in [2.75, 3.05) is 10.8 Å². The van der Waals surface area contributed by atoms with Gasteiger partial charge < -0.3 is 0 Å². The summed E-state index contributed by atoms with van der Waals surface area (Å²) < 4.78 is 55.5. The molecule has 1 aliphatic heterocycles. The number of fused-ring (bicyclic) bond motifs is 2. The van der Waals surface area contributed by atoms with E-state index in [2.05, 4.69) is 5.10 Å². The highest BCUT2D eigenvalue weighted by Crippen LogP contribution is 2.53. The maximum atomic E-state index is 13.3. The summed E-state index contributed by atoms with van der Waals surface area (Å²) in [6.07, 6.45) is 5.17. The number of nitrogens with zero attached hydrogens (tertiary/aromatic N) is 3. The van der Waals surface area contributed by atoms with Gasteiger partial charge in [0.2, 0.25) is 0 Å². The van der Waals surface area contributed by atoms with Crippen LogP contribution < -0.4 is 4.31 Å². The second-order valence-electron chi connectivity index (χ2n) is 7.63. The Kier molecular flexibility index (Phi) is 3.16. The molecule has 0 N–H and O–H groups in total. The van der Waals surface area contributed by atoms with E-state index in [-0.39, 0.29) is 16.9 Å². The molecule has 0 bridgehead atoms. The van der Waals surface area contributed by atoms with E-state index in [1.54, 1.807) is 0 Å². The average Bonchev–Trinajstić information content (AvgIpc) is 3.10. The van der Waals surface area contributed by atoms with Crippen LogP contribution >= 0.6 is 0 Å². The van der Waals surface area contributed by atoms with Crippen LogP contribution in [0.5, 0.6) is 0 Å². The van der Waals surface area contributed by atoms with Crippen molar-refractivity contribution in [3.8, 4) is 0 Å². The minimum atomic E-state index is -3.88. The zero-order valence-corrected chi connectivity index (χ0v) is 14.9. The number of aromatic nitrogens is 2. The van der Waals surface area contributed by atoms with Gasteiger partial charge in [-0.05, 0) is 30.5 Å². The van der Waals surface area contributed by atoms with Crippen molar-refractivity contribution < 1.29 is 17.2 Å². The van der Waals surface area contributed by atoms with Gasteiger partial charge in [0.05, 0.1) is 5.69 Å². The fourth-order valence-electron chi connectivity index (χ4n) is 4.51. The van der Waals surface area contributed by atoms with E-state index in [1.807, 2.05) is 24.3 Å². The number of halogens is 2. The Morgan fingerprint density at radius 3 is 2.50 bits per heavy atom. The second-order valence-corrected chi connectivity index (χ2v) is 9.44. The predicted octanol–water partition coefficient (Wildman–Crippen LogP) is 3.48. The standard InChI is InChI=1S/C18H19F2N3O2S/c19-18(20)11-15(18)22-10-7-16(21-22)26(24,25)23-12-17(8-3-4-9-17)13-5-1-2-6-14(13)23/h1-2,5-7,10,15H,3-4,8-9,11-12H2. The quantitative estimate of drug-likeness (QED) is 0.820. The third-order valence-corrected chi connectivity index (χ3v) is 7.65. The number of alkyl halides is 2. The topological polar surface area (TPSA) is 55.2 Å². The lowest BCUT2D eigenvalue weighted by Gasteiger charge is -2.24. The second kappa shape index (κ2) is 5.06. The maximum Gasteiger partial charge on any atom is 0.283 e. The Morgan fingerprint density at radius 1 is 1.12 bits per heavy atom. The van der Waals surface area contributed by atoms with Gasteiger partial charge in [-0.1, -0.05) is 31.0 Å². The van der Waals surface area contributed by atoms with Crippen LogP contribution in [0.3, 0.4) is 0 Å². The fourth-order valence-corrected chi connectivity index (χ4v) is 6.00. The number of hydrogen-bond donors (Lipinski definition) is 0. The molecule has 5 nitrogen and oxygen atoms in total. The van der Waals surface area contributed by atoms with Crippen LogP contribution in [-0.4, -0.2) is 30.7 Å². The van der Waals surface area contributed by atoms with Crippen LogP contribution in [0.15, 0.2) is 41.6 Å². The SMILES string of the molecule is O=S(=O)(c1ccn(C2CC2(F)F)n1)N1CC2(CCCC2)c2ccccc21. The van der Waals surface area contributed by atoms with E-state index in [0.29, 0.717) is 12.2 Å². The van der Waals surface area contributed by atoms with Gasteiger partial charge in [-0.3, -0.25) is 8.99 Å². The van der Waals surface area contributed by atoms with Gasteiger partial charge in [0, 0.05) is 24.6 Å². The molecule has 3 aliphatic rings. The van der Waals surface area contributed by atoms with Crippen LogP contribution in [0.4, 0.5) is 14.5 Å². The Labute approximate surface area is 150 Å². The molecule has 2 aromatic rings. The number of anilines is 1. The molecule has 1 unspecified atom stereocenters. The number of benzene rings is 1. The minimum Gasteiger partial charge on any atom is -0.264 e. The highest BCUT2D eigenvalue weighted by molar-refractivity contribution is 7.92. The first-order valence-electron chi connectivity index (χ1n) is 8.89. The molecular weight excluding hydrogens is 360 g/mol. The molecule has 2 aliphatic carbocycles. The first-order valence-corrected chi connectivity index (χ1v) is 10.3.